The maximum Gasteiger partial charge on any atom is 0.0577 e. The normalized spacial score (nSPS) is 18.9. The largest absolute Gasteiger partial charge is 0.309 e. The number of hydrogen-bond donors (Lipinski definition) is 1. The van der Waals surface area contributed by atoms with Crippen molar-refractivity contribution >= 4 is 0 Å². The second-order valence-corrected chi connectivity index (χ2v) is 7.31. The second-order valence-electron chi connectivity index (χ2n) is 7.31. The van der Waals surface area contributed by atoms with E-state index in [1.54, 1.807) is 0 Å². The minimum atomic E-state index is 0.262. The van der Waals surface area contributed by atoms with Crippen molar-refractivity contribution in [2.24, 2.45) is 0 Å². The fourth-order valence-corrected chi connectivity index (χ4v) is 3.08. The molecule has 0 aromatic heterocycles. The molecule has 20 heavy (non-hydrogen) atoms. The molecule has 1 heteroatoms. The van der Waals surface area contributed by atoms with Crippen LogP contribution in [0.1, 0.15) is 62.8 Å². The Morgan fingerprint density at radius 1 is 1.05 bits per heavy atom. The highest BCUT2D eigenvalue weighted by Gasteiger charge is 2.37. The molecule has 1 aliphatic carbocycles. The summed E-state index contributed by atoms with van der Waals surface area (Å²) in [6.45, 7) is 12.4. The van der Waals surface area contributed by atoms with Crippen molar-refractivity contribution in [2.45, 2.75) is 58.3 Å². The van der Waals surface area contributed by atoms with Gasteiger partial charge in [0.1, 0.15) is 0 Å². The predicted octanol–water partition coefficient (Wildman–Crippen LogP) is 3.91. The number of rotatable bonds is 1. The van der Waals surface area contributed by atoms with Gasteiger partial charge in [0, 0.05) is 5.56 Å². The molecule has 0 saturated carbocycles. The molecule has 108 valence electrons. The zero-order valence-electron chi connectivity index (χ0n) is 13.8. The summed E-state index contributed by atoms with van der Waals surface area (Å²) in [5.41, 5.74) is 6.05. The summed E-state index contributed by atoms with van der Waals surface area (Å²) < 4.78 is 0. The molecule has 0 fully saturated rings. The van der Waals surface area contributed by atoms with Gasteiger partial charge in [-0.15, -0.1) is 0 Å². The highest BCUT2D eigenvalue weighted by atomic mass is 14.8. The average Bonchev–Trinajstić information content (AvgIpc) is 2.37. The highest BCUT2D eigenvalue weighted by Crippen LogP contribution is 2.46. The Kier molecular flexibility index (Phi) is 3.98. The van der Waals surface area contributed by atoms with E-state index in [4.69, 9.17) is 0 Å². The second kappa shape index (κ2) is 5.26. The summed E-state index contributed by atoms with van der Waals surface area (Å²) in [6.07, 6.45) is 2.51. The number of fused-ring (bicyclic) bond motifs is 1. The zero-order chi connectivity index (χ0) is 15.0. The van der Waals surface area contributed by atoms with Crippen LogP contribution < -0.4 is 5.32 Å². The molecule has 0 amide bonds. The third-order valence-corrected chi connectivity index (χ3v) is 4.69. The third-order valence-electron chi connectivity index (χ3n) is 4.69. The molecule has 2 rings (SSSR count). The van der Waals surface area contributed by atoms with Gasteiger partial charge in [0.05, 0.1) is 6.54 Å². The van der Waals surface area contributed by atoms with Gasteiger partial charge in [0.25, 0.3) is 0 Å². The molecule has 1 aromatic rings. The zero-order valence-corrected chi connectivity index (χ0v) is 13.8. The fourth-order valence-electron chi connectivity index (χ4n) is 3.08. The highest BCUT2D eigenvalue weighted by molar-refractivity contribution is 5.52. The molecule has 0 atom stereocenters. The van der Waals surface area contributed by atoms with Crippen molar-refractivity contribution in [3.63, 3.8) is 0 Å². The maximum atomic E-state index is 3.32. The first-order valence-electron chi connectivity index (χ1n) is 7.57. The molecule has 1 aliphatic rings. The number of aryl methyl sites for hydroxylation is 1. The van der Waals surface area contributed by atoms with Crippen LogP contribution in [0.5, 0.6) is 0 Å². The van der Waals surface area contributed by atoms with Gasteiger partial charge in [-0.1, -0.05) is 45.6 Å². The smallest absolute Gasteiger partial charge is 0.0577 e. The monoisotopic (exact) mass is 269 g/mol. The topological polar surface area (TPSA) is 12.0 Å². The van der Waals surface area contributed by atoms with Crippen LogP contribution in [0.2, 0.25) is 0 Å². The fraction of sp³-hybridized carbons (Fsp3) is 0.579. The Labute approximate surface area is 124 Å². The summed E-state index contributed by atoms with van der Waals surface area (Å²) in [6, 6.07) is 4.72. The van der Waals surface area contributed by atoms with E-state index in [9.17, 15) is 0 Å². The minimum Gasteiger partial charge on any atom is -0.309 e. The Hall–Kier alpha value is -1.26. The number of nitrogens with one attached hydrogen (secondary N) is 1. The first kappa shape index (κ1) is 15.1. The van der Waals surface area contributed by atoms with Gasteiger partial charge < -0.3 is 5.32 Å². The van der Waals surface area contributed by atoms with Crippen molar-refractivity contribution in [3.05, 3.63) is 34.4 Å². The lowest BCUT2D eigenvalue weighted by Gasteiger charge is -2.42. The Bertz CT molecular complexity index is 567. The van der Waals surface area contributed by atoms with E-state index in [1.807, 2.05) is 7.05 Å². The first-order chi connectivity index (χ1) is 9.28. The van der Waals surface area contributed by atoms with Gasteiger partial charge in [-0.05, 0) is 60.4 Å². The van der Waals surface area contributed by atoms with Crippen LogP contribution in [0.25, 0.3) is 0 Å². The van der Waals surface area contributed by atoms with E-state index < -0.39 is 0 Å². The van der Waals surface area contributed by atoms with Gasteiger partial charge in [0.15, 0.2) is 0 Å². The molecule has 0 saturated heterocycles. The lowest BCUT2D eigenvalue weighted by atomic mass is 9.62. The van der Waals surface area contributed by atoms with E-state index >= 15 is 0 Å². The van der Waals surface area contributed by atoms with E-state index in [0.29, 0.717) is 0 Å². The molecule has 1 nitrogen and oxygen atoms in total. The lowest BCUT2D eigenvalue weighted by Crippen LogP contribution is -2.34. The SMILES string of the molecule is CNCC#Cc1cc2c(cc1C)C(C)(C)CCC2(C)C. The van der Waals surface area contributed by atoms with Crippen LogP contribution in [0.4, 0.5) is 0 Å². The summed E-state index contributed by atoms with van der Waals surface area (Å²) >= 11 is 0. The summed E-state index contributed by atoms with van der Waals surface area (Å²) in [4.78, 5) is 0. The van der Waals surface area contributed by atoms with E-state index in [1.165, 1.54) is 35.1 Å². The molecule has 0 spiro atoms. The first-order valence-corrected chi connectivity index (χ1v) is 7.57. The van der Waals surface area contributed by atoms with Gasteiger partial charge >= 0.3 is 0 Å². The van der Waals surface area contributed by atoms with E-state index in [0.717, 1.165) is 6.54 Å². The Morgan fingerprint density at radius 2 is 1.60 bits per heavy atom. The van der Waals surface area contributed by atoms with Gasteiger partial charge in [0.2, 0.25) is 0 Å². The van der Waals surface area contributed by atoms with Crippen LogP contribution in [0.15, 0.2) is 12.1 Å². The van der Waals surface area contributed by atoms with Crippen LogP contribution in [0, 0.1) is 18.8 Å². The number of hydrogen-bond acceptors (Lipinski definition) is 1. The predicted molar refractivity (Wildman–Crippen MR) is 87.3 cm³/mol. The summed E-state index contributed by atoms with van der Waals surface area (Å²) in [5.74, 6) is 6.50. The standard InChI is InChI=1S/C19H27N/c1-14-12-16-17(13-15(14)8-7-11-20-6)19(4,5)10-9-18(16,2)3/h12-13,20H,9-11H2,1-6H3. The Balaban J connectivity index is 2.56. The van der Waals surface area contributed by atoms with Crippen molar-refractivity contribution in [1.82, 2.24) is 5.32 Å². The van der Waals surface area contributed by atoms with Crippen molar-refractivity contribution in [2.75, 3.05) is 13.6 Å². The quantitative estimate of drug-likeness (QED) is 0.762. The molecular weight excluding hydrogens is 242 g/mol. The summed E-state index contributed by atoms with van der Waals surface area (Å²) in [7, 11) is 1.93. The van der Waals surface area contributed by atoms with Gasteiger partial charge in [-0.2, -0.15) is 0 Å². The number of benzene rings is 1. The average molecular weight is 269 g/mol. The molecule has 0 unspecified atom stereocenters. The van der Waals surface area contributed by atoms with Crippen LogP contribution in [-0.2, 0) is 10.8 Å². The van der Waals surface area contributed by atoms with E-state index in [2.05, 4.69) is 63.9 Å². The molecular formula is C19H27N. The maximum absolute atomic E-state index is 3.32. The third kappa shape index (κ3) is 2.76. The molecule has 0 heterocycles. The molecule has 1 aromatic carbocycles. The summed E-state index contributed by atoms with van der Waals surface area (Å²) in [5, 5.41) is 3.08. The molecule has 1 N–H and O–H groups in total. The van der Waals surface area contributed by atoms with Gasteiger partial charge in [-0.3, -0.25) is 0 Å². The molecule has 0 radical (unpaired) electrons. The van der Waals surface area contributed by atoms with Crippen molar-refractivity contribution < 1.29 is 0 Å². The van der Waals surface area contributed by atoms with Crippen molar-refractivity contribution in [1.29, 1.82) is 0 Å². The Morgan fingerprint density at radius 3 is 2.15 bits per heavy atom. The van der Waals surface area contributed by atoms with Crippen LogP contribution in [-0.4, -0.2) is 13.6 Å². The van der Waals surface area contributed by atoms with Crippen LogP contribution in [0.3, 0.4) is 0 Å². The molecule has 0 aliphatic heterocycles. The van der Waals surface area contributed by atoms with Crippen molar-refractivity contribution in [3.8, 4) is 11.8 Å². The molecule has 0 bridgehead atoms. The minimum absolute atomic E-state index is 0.262. The lowest BCUT2D eigenvalue weighted by molar-refractivity contribution is 0.331. The van der Waals surface area contributed by atoms with Gasteiger partial charge in [-0.25, -0.2) is 0 Å². The van der Waals surface area contributed by atoms with E-state index in [-0.39, 0.29) is 10.8 Å². The van der Waals surface area contributed by atoms with Crippen LogP contribution >= 0.6 is 0 Å².